The van der Waals surface area contributed by atoms with Gasteiger partial charge in [0, 0.05) is 9.77 Å². The van der Waals surface area contributed by atoms with E-state index >= 15 is 0 Å². The molecule has 0 saturated carbocycles. The molecule has 1 heterocycles. The van der Waals surface area contributed by atoms with Crippen LogP contribution in [0.3, 0.4) is 0 Å². The van der Waals surface area contributed by atoms with Crippen LogP contribution in [0.4, 0.5) is 5.82 Å². The normalized spacial score (nSPS) is 9.85. The standard InChI is InChI=1S/C14H12IN3OS/c15-11-6-7-12(16-9-11)17-14(20)18-13(19)8-10-4-2-1-3-5-10/h1-7,9H,8H2,(H2,16,17,18,19,20). The minimum Gasteiger partial charge on any atom is -0.317 e. The highest BCUT2D eigenvalue weighted by molar-refractivity contribution is 14.1. The molecule has 102 valence electrons. The van der Waals surface area contributed by atoms with Crippen molar-refractivity contribution in [3.63, 3.8) is 0 Å². The molecule has 0 unspecified atom stereocenters. The maximum Gasteiger partial charge on any atom is 0.230 e. The number of halogens is 1. The van der Waals surface area contributed by atoms with E-state index in [1.54, 1.807) is 12.3 Å². The van der Waals surface area contributed by atoms with E-state index in [-0.39, 0.29) is 11.0 Å². The predicted octanol–water partition coefficient (Wildman–Crippen LogP) is 2.74. The molecule has 1 aromatic heterocycles. The summed E-state index contributed by atoms with van der Waals surface area (Å²) in [6.45, 7) is 0. The van der Waals surface area contributed by atoms with Gasteiger partial charge in [-0.3, -0.25) is 4.79 Å². The van der Waals surface area contributed by atoms with Gasteiger partial charge in [-0.1, -0.05) is 30.3 Å². The van der Waals surface area contributed by atoms with Gasteiger partial charge in [-0.25, -0.2) is 4.98 Å². The van der Waals surface area contributed by atoms with Crippen molar-refractivity contribution in [3.05, 3.63) is 57.8 Å². The molecule has 0 bridgehead atoms. The van der Waals surface area contributed by atoms with E-state index in [1.807, 2.05) is 36.4 Å². The highest BCUT2D eigenvalue weighted by atomic mass is 127. The summed E-state index contributed by atoms with van der Waals surface area (Å²) in [5.74, 6) is 0.453. The molecule has 0 saturated heterocycles. The monoisotopic (exact) mass is 397 g/mol. The van der Waals surface area contributed by atoms with Crippen LogP contribution in [0.2, 0.25) is 0 Å². The van der Waals surface area contributed by atoms with Crippen molar-refractivity contribution in [2.75, 3.05) is 5.32 Å². The van der Waals surface area contributed by atoms with Crippen molar-refractivity contribution >= 4 is 51.6 Å². The molecule has 0 fully saturated rings. The Kier molecular flexibility index (Phi) is 5.42. The highest BCUT2D eigenvalue weighted by Crippen LogP contribution is 2.06. The van der Waals surface area contributed by atoms with E-state index in [0.29, 0.717) is 12.2 Å². The third kappa shape index (κ3) is 4.86. The van der Waals surface area contributed by atoms with Crippen molar-refractivity contribution < 1.29 is 4.79 Å². The lowest BCUT2D eigenvalue weighted by Gasteiger charge is -2.08. The van der Waals surface area contributed by atoms with Crippen molar-refractivity contribution in [2.24, 2.45) is 0 Å². The molecule has 2 rings (SSSR count). The molecule has 0 aliphatic rings. The Morgan fingerprint density at radius 2 is 1.95 bits per heavy atom. The van der Waals surface area contributed by atoms with Crippen molar-refractivity contribution in [2.45, 2.75) is 6.42 Å². The number of hydrogen-bond acceptors (Lipinski definition) is 3. The average Bonchev–Trinajstić information content (AvgIpc) is 2.42. The summed E-state index contributed by atoms with van der Waals surface area (Å²) < 4.78 is 1.03. The fourth-order valence-electron chi connectivity index (χ4n) is 1.55. The number of hydrogen-bond donors (Lipinski definition) is 2. The topological polar surface area (TPSA) is 54.0 Å². The Labute approximate surface area is 136 Å². The molecular weight excluding hydrogens is 385 g/mol. The van der Waals surface area contributed by atoms with E-state index in [2.05, 4.69) is 38.2 Å². The summed E-state index contributed by atoms with van der Waals surface area (Å²) in [4.78, 5) is 16.0. The first-order valence-corrected chi connectivity index (χ1v) is 7.38. The highest BCUT2D eigenvalue weighted by Gasteiger charge is 2.06. The second kappa shape index (κ2) is 7.30. The second-order valence-electron chi connectivity index (χ2n) is 4.03. The number of benzene rings is 1. The molecule has 4 nitrogen and oxygen atoms in total. The van der Waals surface area contributed by atoms with Gasteiger partial charge in [-0.15, -0.1) is 0 Å². The summed E-state index contributed by atoms with van der Waals surface area (Å²) in [5.41, 5.74) is 0.945. The quantitative estimate of drug-likeness (QED) is 0.618. The summed E-state index contributed by atoms with van der Waals surface area (Å²) in [6.07, 6.45) is 2.01. The van der Waals surface area contributed by atoms with Crippen LogP contribution >= 0.6 is 34.8 Å². The fourth-order valence-corrected chi connectivity index (χ4v) is 2.09. The molecule has 6 heteroatoms. The average molecular weight is 397 g/mol. The number of pyridine rings is 1. The molecule has 0 radical (unpaired) electrons. The fraction of sp³-hybridized carbons (Fsp3) is 0.0714. The van der Waals surface area contributed by atoms with Gasteiger partial charge in [0.25, 0.3) is 0 Å². The zero-order valence-electron chi connectivity index (χ0n) is 10.5. The lowest BCUT2D eigenvalue weighted by molar-refractivity contribution is -0.119. The number of thiocarbonyl (C=S) groups is 1. The molecule has 2 N–H and O–H groups in total. The zero-order chi connectivity index (χ0) is 14.4. The van der Waals surface area contributed by atoms with Crippen molar-refractivity contribution in [3.8, 4) is 0 Å². The van der Waals surface area contributed by atoms with Gasteiger partial charge < -0.3 is 10.6 Å². The number of aromatic nitrogens is 1. The van der Waals surface area contributed by atoms with Gasteiger partial charge in [0.05, 0.1) is 6.42 Å². The number of carbonyl (C=O) groups excluding carboxylic acids is 1. The lowest BCUT2D eigenvalue weighted by atomic mass is 10.1. The molecule has 20 heavy (non-hydrogen) atoms. The Balaban J connectivity index is 1.85. The third-order valence-electron chi connectivity index (χ3n) is 2.43. The summed E-state index contributed by atoms with van der Waals surface area (Å²) in [5, 5.41) is 5.75. The molecule has 2 aromatic rings. The molecule has 0 atom stereocenters. The summed E-state index contributed by atoms with van der Waals surface area (Å²) in [6, 6.07) is 13.2. The van der Waals surface area contributed by atoms with Crippen molar-refractivity contribution in [1.82, 2.24) is 10.3 Å². The number of amides is 1. The molecule has 0 spiro atoms. The van der Waals surface area contributed by atoms with E-state index < -0.39 is 0 Å². The van der Waals surface area contributed by atoms with E-state index in [1.165, 1.54) is 0 Å². The van der Waals surface area contributed by atoms with Gasteiger partial charge in [0.15, 0.2) is 5.11 Å². The predicted molar refractivity (Wildman–Crippen MR) is 91.5 cm³/mol. The number of carbonyl (C=O) groups is 1. The van der Waals surface area contributed by atoms with Crippen LogP contribution in [0.1, 0.15) is 5.56 Å². The van der Waals surface area contributed by atoms with Crippen LogP contribution in [0.15, 0.2) is 48.7 Å². The van der Waals surface area contributed by atoms with E-state index in [4.69, 9.17) is 12.2 Å². The lowest BCUT2D eigenvalue weighted by Crippen LogP contribution is -2.35. The minimum atomic E-state index is -0.154. The minimum absolute atomic E-state index is 0.154. The van der Waals surface area contributed by atoms with E-state index in [9.17, 15) is 4.79 Å². The number of rotatable bonds is 3. The largest absolute Gasteiger partial charge is 0.317 e. The molecule has 0 aliphatic carbocycles. The van der Waals surface area contributed by atoms with Crippen LogP contribution in [-0.2, 0) is 11.2 Å². The molecular formula is C14H12IN3OS. The van der Waals surface area contributed by atoms with Crippen molar-refractivity contribution in [1.29, 1.82) is 0 Å². The maximum absolute atomic E-state index is 11.8. The summed E-state index contributed by atoms with van der Waals surface area (Å²) >= 11 is 7.25. The molecule has 0 aliphatic heterocycles. The number of nitrogens with zero attached hydrogens (tertiary/aromatic N) is 1. The van der Waals surface area contributed by atoms with Gasteiger partial charge in [0.2, 0.25) is 5.91 Å². The Morgan fingerprint density at radius 3 is 2.60 bits per heavy atom. The first-order chi connectivity index (χ1) is 9.63. The first kappa shape index (κ1) is 14.9. The SMILES string of the molecule is O=C(Cc1ccccc1)NC(=S)Nc1ccc(I)cn1. The Bertz CT molecular complexity index is 602. The maximum atomic E-state index is 11.8. The van der Waals surface area contributed by atoms with E-state index in [0.717, 1.165) is 9.13 Å². The second-order valence-corrected chi connectivity index (χ2v) is 5.68. The van der Waals surface area contributed by atoms with Crippen LogP contribution in [-0.4, -0.2) is 16.0 Å². The van der Waals surface area contributed by atoms with Crippen LogP contribution < -0.4 is 10.6 Å². The van der Waals surface area contributed by atoms with Gasteiger partial charge >= 0.3 is 0 Å². The summed E-state index contributed by atoms with van der Waals surface area (Å²) in [7, 11) is 0. The van der Waals surface area contributed by atoms with Gasteiger partial charge in [-0.05, 0) is 52.5 Å². The first-order valence-electron chi connectivity index (χ1n) is 5.90. The number of anilines is 1. The van der Waals surface area contributed by atoms with Crippen LogP contribution in [0, 0.1) is 3.57 Å². The van der Waals surface area contributed by atoms with Crippen LogP contribution in [0.5, 0.6) is 0 Å². The number of nitrogens with one attached hydrogen (secondary N) is 2. The Hall–Kier alpha value is -1.54. The molecule has 1 amide bonds. The van der Waals surface area contributed by atoms with Gasteiger partial charge in [-0.2, -0.15) is 0 Å². The third-order valence-corrected chi connectivity index (χ3v) is 3.27. The van der Waals surface area contributed by atoms with Crippen LogP contribution in [0.25, 0.3) is 0 Å². The molecule has 1 aromatic carbocycles. The van der Waals surface area contributed by atoms with Gasteiger partial charge in [0.1, 0.15) is 5.82 Å². The Morgan fingerprint density at radius 1 is 1.20 bits per heavy atom. The zero-order valence-corrected chi connectivity index (χ0v) is 13.4. The smallest absolute Gasteiger partial charge is 0.230 e.